The molecule has 0 aromatic heterocycles. The Hall–Kier alpha value is -0.610. The molecule has 4 heteroatoms. The zero-order chi connectivity index (χ0) is 11.1. The quantitative estimate of drug-likeness (QED) is 0.638. The van der Waals surface area contributed by atoms with Gasteiger partial charge in [-0.05, 0) is 32.6 Å². The van der Waals surface area contributed by atoms with Crippen LogP contribution in [0.5, 0.6) is 0 Å². The van der Waals surface area contributed by atoms with Crippen molar-refractivity contribution < 1.29 is 9.53 Å². The lowest BCUT2D eigenvalue weighted by Gasteiger charge is -2.10. The number of carbonyl (C=O) groups is 1. The van der Waals surface area contributed by atoms with Crippen molar-refractivity contribution in [3.8, 4) is 0 Å². The topological polar surface area (TPSA) is 64.3 Å². The molecular formula is C11H22N2O2. The molecule has 0 heterocycles. The summed E-state index contributed by atoms with van der Waals surface area (Å²) in [6.07, 6.45) is 3.66. The molecule has 88 valence electrons. The first-order valence-corrected chi connectivity index (χ1v) is 5.85. The second-order valence-electron chi connectivity index (χ2n) is 4.11. The van der Waals surface area contributed by atoms with E-state index >= 15 is 0 Å². The van der Waals surface area contributed by atoms with Gasteiger partial charge in [0, 0.05) is 31.7 Å². The molecule has 4 nitrogen and oxygen atoms in total. The van der Waals surface area contributed by atoms with Gasteiger partial charge in [-0.15, -0.1) is 0 Å². The first-order valence-electron chi connectivity index (χ1n) is 5.85. The van der Waals surface area contributed by atoms with Crippen molar-refractivity contribution in [1.82, 2.24) is 5.32 Å². The molecule has 15 heavy (non-hydrogen) atoms. The average Bonchev–Trinajstić information content (AvgIpc) is 2.64. The van der Waals surface area contributed by atoms with Crippen LogP contribution in [0, 0.1) is 5.92 Å². The predicted molar refractivity (Wildman–Crippen MR) is 59.4 cm³/mol. The largest absolute Gasteiger partial charge is 0.382 e. The molecule has 1 rings (SSSR count). The highest BCUT2D eigenvalue weighted by atomic mass is 16.5. The van der Waals surface area contributed by atoms with Crippen molar-refractivity contribution in [3.63, 3.8) is 0 Å². The summed E-state index contributed by atoms with van der Waals surface area (Å²) in [6, 6.07) is 0.226. The Bertz CT molecular complexity index is 197. The minimum atomic E-state index is 0.145. The monoisotopic (exact) mass is 214 g/mol. The summed E-state index contributed by atoms with van der Waals surface area (Å²) in [5, 5.41) is 2.93. The van der Waals surface area contributed by atoms with E-state index in [4.69, 9.17) is 10.5 Å². The Morgan fingerprint density at radius 3 is 2.93 bits per heavy atom. The van der Waals surface area contributed by atoms with Crippen LogP contribution in [0.4, 0.5) is 0 Å². The summed E-state index contributed by atoms with van der Waals surface area (Å²) in [5.74, 6) is 0.312. The maximum atomic E-state index is 11.6. The van der Waals surface area contributed by atoms with Crippen molar-refractivity contribution in [2.75, 3.05) is 19.8 Å². The molecule has 1 aliphatic rings. The minimum absolute atomic E-state index is 0.145. The van der Waals surface area contributed by atoms with Gasteiger partial charge >= 0.3 is 0 Å². The van der Waals surface area contributed by atoms with E-state index in [1.54, 1.807) is 0 Å². The summed E-state index contributed by atoms with van der Waals surface area (Å²) >= 11 is 0. The Kier molecular flexibility index (Phi) is 5.65. The Labute approximate surface area is 91.5 Å². The van der Waals surface area contributed by atoms with Crippen LogP contribution in [0.1, 0.15) is 32.6 Å². The third-order valence-corrected chi connectivity index (χ3v) is 2.81. The second-order valence-corrected chi connectivity index (χ2v) is 4.11. The number of hydrogen-bond acceptors (Lipinski definition) is 3. The van der Waals surface area contributed by atoms with Gasteiger partial charge in [0.25, 0.3) is 0 Å². The van der Waals surface area contributed by atoms with E-state index in [0.29, 0.717) is 6.54 Å². The Morgan fingerprint density at radius 1 is 1.53 bits per heavy atom. The molecule has 0 aliphatic heterocycles. The van der Waals surface area contributed by atoms with E-state index in [2.05, 4.69) is 5.32 Å². The lowest BCUT2D eigenvalue weighted by Crippen LogP contribution is -2.31. The zero-order valence-corrected chi connectivity index (χ0v) is 9.50. The van der Waals surface area contributed by atoms with Crippen LogP contribution >= 0.6 is 0 Å². The number of nitrogens with one attached hydrogen (secondary N) is 1. The maximum absolute atomic E-state index is 11.6. The molecule has 0 saturated heterocycles. The standard InChI is InChI=1S/C11H22N2O2/c1-2-15-7-3-6-13-11(14)9-4-5-10(12)8-9/h9-10H,2-8,12H2,1H3,(H,13,14). The van der Waals surface area contributed by atoms with Crippen molar-refractivity contribution in [2.24, 2.45) is 11.7 Å². The van der Waals surface area contributed by atoms with Crippen LogP contribution in [0.15, 0.2) is 0 Å². The van der Waals surface area contributed by atoms with Gasteiger partial charge in [-0.1, -0.05) is 0 Å². The van der Waals surface area contributed by atoms with Gasteiger partial charge in [0.05, 0.1) is 0 Å². The highest BCUT2D eigenvalue weighted by Gasteiger charge is 2.27. The number of hydrogen-bond donors (Lipinski definition) is 2. The van der Waals surface area contributed by atoms with Crippen molar-refractivity contribution in [2.45, 2.75) is 38.6 Å². The molecule has 0 aromatic carbocycles. The number of carbonyl (C=O) groups excluding carboxylic acids is 1. The molecule has 3 N–H and O–H groups in total. The first-order chi connectivity index (χ1) is 7.24. The average molecular weight is 214 g/mol. The van der Waals surface area contributed by atoms with Crippen LogP contribution in [0.2, 0.25) is 0 Å². The van der Waals surface area contributed by atoms with Gasteiger partial charge in [0.15, 0.2) is 0 Å². The van der Waals surface area contributed by atoms with Crippen LogP contribution in [-0.4, -0.2) is 31.7 Å². The SMILES string of the molecule is CCOCCCNC(=O)C1CCC(N)C1. The number of rotatable bonds is 6. The second kappa shape index (κ2) is 6.80. The number of amides is 1. The van der Waals surface area contributed by atoms with Crippen LogP contribution in [0.25, 0.3) is 0 Å². The molecule has 0 aromatic rings. The van der Waals surface area contributed by atoms with Gasteiger partial charge in [0.1, 0.15) is 0 Å². The molecular weight excluding hydrogens is 192 g/mol. The molecule has 0 radical (unpaired) electrons. The highest BCUT2D eigenvalue weighted by molar-refractivity contribution is 5.78. The van der Waals surface area contributed by atoms with E-state index in [0.717, 1.165) is 38.9 Å². The van der Waals surface area contributed by atoms with Gasteiger partial charge in [-0.2, -0.15) is 0 Å². The molecule has 0 bridgehead atoms. The number of ether oxygens (including phenoxy) is 1. The molecule has 1 aliphatic carbocycles. The fourth-order valence-electron chi connectivity index (χ4n) is 1.93. The van der Waals surface area contributed by atoms with E-state index < -0.39 is 0 Å². The molecule has 0 spiro atoms. The van der Waals surface area contributed by atoms with Gasteiger partial charge in [-0.3, -0.25) is 4.79 Å². The summed E-state index contributed by atoms with van der Waals surface area (Å²) in [7, 11) is 0. The van der Waals surface area contributed by atoms with Crippen LogP contribution in [-0.2, 0) is 9.53 Å². The molecule has 1 saturated carbocycles. The number of nitrogens with two attached hydrogens (primary N) is 1. The molecule has 2 atom stereocenters. The minimum Gasteiger partial charge on any atom is -0.382 e. The lowest BCUT2D eigenvalue weighted by atomic mass is 10.1. The summed E-state index contributed by atoms with van der Waals surface area (Å²) in [5.41, 5.74) is 5.76. The highest BCUT2D eigenvalue weighted by Crippen LogP contribution is 2.23. The zero-order valence-electron chi connectivity index (χ0n) is 9.50. The third kappa shape index (κ3) is 4.62. The smallest absolute Gasteiger partial charge is 0.223 e. The van der Waals surface area contributed by atoms with Crippen molar-refractivity contribution >= 4 is 5.91 Å². The van der Waals surface area contributed by atoms with Crippen LogP contribution < -0.4 is 11.1 Å². The normalized spacial score (nSPS) is 25.5. The third-order valence-electron chi connectivity index (χ3n) is 2.81. The molecule has 2 unspecified atom stereocenters. The van der Waals surface area contributed by atoms with Gasteiger partial charge in [0.2, 0.25) is 5.91 Å². The van der Waals surface area contributed by atoms with Crippen molar-refractivity contribution in [1.29, 1.82) is 0 Å². The van der Waals surface area contributed by atoms with E-state index in [9.17, 15) is 4.79 Å². The van der Waals surface area contributed by atoms with Crippen molar-refractivity contribution in [3.05, 3.63) is 0 Å². The summed E-state index contributed by atoms with van der Waals surface area (Å²) in [6.45, 7) is 4.15. The summed E-state index contributed by atoms with van der Waals surface area (Å²) < 4.78 is 5.19. The van der Waals surface area contributed by atoms with E-state index in [1.807, 2.05) is 6.92 Å². The van der Waals surface area contributed by atoms with Gasteiger partial charge < -0.3 is 15.8 Å². The maximum Gasteiger partial charge on any atom is 0.223 e. The molecule has 1 fully saturated rings. The van der Waals surface area contributed by atoms with Gasteiger partial charge in [-0.25, -0.2) is 0 Å². The first kappa shape index (κ1) is 12.5. The molecule has 1 amide bonds. The van der Waals surface area contributed by atoms with E-state index in [1.165, 1.54) is 0 Å². The summed E-state index contributed by atoms with van der Waals surface area (Å²) in [4.78, 5) is 11.6. The van der Waals surface area contributed by atoms with E-state index in [-0.39, 0.29) is 17.9 Å². The fourth-order valence-corrected chi connectivity index (χ4v) is 1.93. The predicted octanol–water partition coefficient (Wildman–Crippen LogP) is 0.657. The Balaban J connectivity index is 2.03. The van der Waals surface area contributed by atoms with Crippen LogP contribution in [0.3, 0.4) is 0 Å². The fraction of sp³-hybridized carbons (Fsp3) is 0.909. The lowest BCUT2D eigenvalue weighted by molar-refractivity contribution is -0.124. The Morgan fingerprint density at radius 2 is 2.33 bits per heavy atom.